The number of alkyl halides is 4. The summed E-state index contributed by atoms with van der Waals surface area (Å²) in [4.78, 5) is 0. The summed E-state index contributed by atoms with van der Waals surface area (Å²) in [6, 6.07) is 5.62. The van der Waals surface area contributed by atoms with Crippen molar-refractivity contribution < 1.29 is 22.3 Å². The lowest BCUT2D eigenvalue weighted by atomic mass is 10.1. The maximum Gasteiger partial charge on any atom is 0.414 e. The Labute approximate surface area is 105 Å². The third-order valence-electron chi connectivity index (χ3n) is 2.22. The fourth-order valence-electron chi connectivity index (χ4n) is 1.25. The summed E-state index contributed by atoms with van der Waals surface area (Å²) < 4.78 is 55.2. The molecular formula is C11H11BrF4O. The minimum absolute atomic E-state index is 0.0916. The van der Waals surface area contributed by atoms with Crippen LogP contribution in [0.2, 0.25) is 0 Å². The summed E-state index contributed by atoms with van der Waals surface area (Å²) in [5.41, 5.74) is 0.112. The zero-order valence-electron chi connectivity index (χ0n) is 8.97. The van der Waals surface area contributed by atoms with E-state index in [1.807, 2.05) is 0 Å². The SMILES string of the molecule is CC(OC(CBr)c1ccccc1F)C(F)(F)F. The van der Waals surface area contributed by atoms with Gasteiger partial charge in [0.1, 0.15) is 5.82 Å². The molecule has 0 aromatic heterocycles. The average molecular weight is 315 g/mol. The Kier molecular flexibility index (Phi) is 4.94. The van der Waals surface area contributed by atoms with Gasteiger partial charge in [-0.3, -0.25) is 0 Å². The van der Waals surface area contributed by atoms with Crippen molar-refractivity contribution in [1.82, 2.24) is 0 Å². The predicted molar refractivity (Wildman–Crippen MR) is 59.5 cm³/mol. The molecule has 1 rings (SSSR count). The van der Waals surface area contributed by atoms with E-state index in [0.717, 1.165) is 6.92 Å². The molecule has 2 atom stereocenters. The van der Waals surface area contributed by atoms with Crippen LogP contribution in [-0.4, -0.2) is 17.6 Å². The van der Waals surface area contributed by atoms with Gasteiger partial charge in [0.25, 0.3) is 0 Å². The Morgan fingerprint density at radius 3 is 2.35 bits per heavy atom. The summed E-state index contributed by atoms with van der Waals surface area (Å²) in [6.45, 7) is 0.899. The van der Waals surface area contributed by atoms with E-state index in [0.29, 0.717) is 0 Å². The first-order valence-corrected chi connectivity index (χ1v) is 6.01. The molecule has 0 amide bonds. The minimum atomic E-state index is -4.45. The first-order valence-electron chi connectivity index (χ1n) is 4.88. The second-order valence-electron chi connectivity index (χ2n) is 3.48. The smallest absolute Gasteiger partial charge is 0.360 e. The normalized spacial score (nSPS) is 15.6. The Hall–Kier alpha value is -0.620. The molecule has 0 fully saturated rings. The molecule has 17 heavy (non-hydrogen) atoms. The fraction of sp³-hybridized carbons (Fsp3) is 0.455. The molecule has 0 spiro atoms. The van der Waals surface area contributed by atoms with Crippen LogP contribution in [0.5, 0.6) is 0 Å². The molecular weight excluding hydrogens is 304 g/mol. The third-order valence-corrected chi connectivity index (χ3v) is 2.81. The van der Waals surface area contributed by atoms with Crippen molar-refractivity contribution in [2.24, 2.45) is 0 Å². The van der Waals surface area contributed by atoms with Gasteiger partial charge in [0.15, 0.2) is 6.10 Å². The summed E-state index contributed by atoms with van der Waals surface area (Å²) >= 11 is 3.02. The number of benzene rings is 1. The fourth-order valence-corrected chi connectivity index (χ4v) is 1.75. The van der Waals surface area contributed by atoms with Crippen LogP contribution in [0.3, 0.4) is 0 Å². The molecule has 1 aromatic carbocycles. The van der Waals surface area contributed by atoms with Gasteiger partial charge in [-0.05, 0) is 13.0 Å². The number of hydrogen-bond acceptors (Lipinski definition) is 1. The number of hydrogen-bond donors (Lipinski definition) is 0. The Bertz CT molecular complexity index is 367. The Morgan fingerprint density at radius 1 is 1.29 bits per heavy atom. The van der Waals surface area contributed by atoms with Gasteiger partial charge < -0.3 is 4.74 Å². The Balaban J connectivity index is 2.83. The maximum atomic E-state index is 13.4. The monoisotopic (exact) mass is 314 g/mol. The first kappa shape index (κ1) is 14.4. The van der Waals surface area contributed by atoms with Gasteiger partial charge in [-0.1, -0.05) is 34.1 Å². The second kappa shape index (κ2) is 5.82. The van der Waals surface area contributed by atoms with Crippen LogP contribution in [0.4, 0.5) is 17.6 Å². The second-order valence-corrected chi connectivity index (χ2v) is 4.13. The van der Waals surface area contributed by atoms with Gasteiger partial charge in [0.2, 0.25) is 0 Å². The van der Waals surface area contributed by atoms with E-state index in [1.54, 1.807) is 6.07 Å². The van der Waals surface area contributed by atoms with E-state index in [1.165, 1.54) is 18.2 Å². The number of ether oxygens (including phenoxy) is 1. The van der Waals surface area contributed by atoms with Crippen LogP contribution in [-0.2, 0) is 4.74 Å². The topological polar surface area (TPSA) is 9.23 Å². The Morgan fingerprint density at radius 2 is 1.88 bits per heavy atom. The van der Waals surface area contributed by atoms with Crippen LogP contribution in [0, 0.1) is 5.82 Å². The summed E-state index contributed by atoms with van der Waals surface area (Å²) in [7, 11) is 0. The van der Waals surface area contributed by atoms with Crippen molar-refractivity contribution in [3.8, 4) is 0 Å². The third kappa shape index (κ3) is 3.96. The van der Waals surface area contributed by atoms with Crippen LogP contribution >= 0.6 is 15.9 Å². The van der Waals surface area contributed by atoms with E-state index in [-0.39, 0.29) is 10.9 Å². The highest BCUT2D eigenvalue weighted by Gasteiger charge is 2.38. The van der Waals surface area contributed by atoms with Gasteiger partial charge >= 0.3 is 6.18 Å². The number of halogens is 5. The molecule has 0 aliphatic heterocycles. The van der Waals surface area contributed by atoms with E-state index in [4.69, 9.17) is 4.74 Å². The molecule has 0 saturated heterocycles. The molecule has 0 bridgehead atoms. The predicted octanol–water partition coefficient (Wildman–Crippen LogP) is 4.23. The zero-order chi connectivity index (χ0) is 13.1. The highest BCUT2D eigenvalue weighted by molar-refractivity contribution is 9.09. The lowest BCUT2D eigenvalue weighted by molar-refractivity contribution is -0.225. The van der Waals surface area contributed by atoms with Crippen LogP contribution in [0.25, 0.3) is 0 Å². The molecule has 0 aliphatic rings. The summed E-state index contributed by atoms with van der Waals surface area (Å²) in [5.74, 6) is -0.577. The summed E-state index contributed by atoms with van der Waals surface area (Å²) in [6.07, 6.45) is -7.36. The molecule has 0 saturated carbocycles. The molecule has 2 unspecified atom stereocenters. The molecule has 0 radical (unpaired) electrons. The molecule has 1 nitrogen and oxygen atoms in total. The van der Waals surface area contributed by atoms with Crippen LogP contribution in [0.15, 0.2) is 24.3 Å². The molecule has 96 valence electrons. The first-order chi connectivity index (χ1) is 7.86. The molecule has 0 heterocycles. The zero-order valence-corrected chi connectivity index (χ0v) is 10.6. The lowest BCUT2D eigenvalue weighted by Crippen LogP contribution is -2.30. The lowest BCUT2D eigenvalue weighted by Gasteiger charge is -2.23. The molecule has 1 aromatic rings. The quantitative estimate of drug-likeness (QED) is 0.597. The van der Waals surface area contributed by atoms with Gasteiger partial charge in [-0.15, -0.1) is 0 Å². The number of rotatable bonds is 4. The molecule has 0 N–H and O–H groups in total. The van der Waals surface area contributed by atoms with Crippen molar-refractivity contribution in [1.29, 1.82) is 0 Å². The van der Waals surface area contributed by atoms with Crippen LogP contribution < -0.4 is 0 Å². The van der Waals surface area contributed by atoms with E-state index < -0.39 is 24.2 Å². The van der Waals surface area contributed by atoms with Gasteiger partial charge in [0.05, 0.1) is 6.10 Å². The van der Waals surface area contributed by atoms with Crippen LogP contribution in [0.1, 0.15) is 18.6 Å². The van der Waals surface area contributed by atoms with Gasteiger partial charge in [-0.2, -0.15) is 13.2 Å². The summed E-state index contributed by atoms with van der Waals surface area (Å²) in [5, 5.41) is 0.0916. The van der Waals surface area contributed by atoms with Crippen molar-refractivity contribution in [3.05, 3.63) is 35.6 Å². The van der Waals surface area contributed by atoms with Crippen molar-refractivity contribution >= 4 is 15.9 Å². The minimum Gasteiger partial charge on any atom is -0.360 e. The maximum absolute atomic E-state index is 13.4. The van der Waals surface area contributed by atoms with Crippen molar-refractivity contribution in [2.45, 2.75) is 25.3 Å². The van der Waals surface area contributed by atoms with E-state index in [2.05, 4.69) is 15.9 Å². The molecule has 0 aliphatic carbocycles. The average Bonchev–Trinajstić information content (AvgIpc) is 2.25. The van der Waals surface area contributed by atoms with Crippen molar-refractivity contribution in [3.63, 3.8) is 0 Å². The highest BCUT2D eigenvalue weighted by Crippen LogP contribution is 2.30. The van der Waals surface area contributed by atoms with E-state index >= 15 is 0 Å². The highest BCUT2D eigenvalue weighted by atomic mass is 79.9. The largest absolute Gasteiger partial charge is 0.414 e. The van der Waals surface area contributed by atoms with Gasteiger partial charge in [0, 0.05) is 10.9 Å². The van der Waals surface area contributed by atoms with Gasteiger partial charge in [-0.25, -0.2) is 4.39 Å². The van der Waals surface area contributed by atoms with Crippen molar-refractivity contribution in [2.75, 3.05) is 5.33 Å². The van der Waals surface area contributed by atoms with E-state index in [9.17, 15) is 17.6 Å². The standard InChI is InChI=1S/C11H11BrF4O/c1-7(11(14,15)16)17-10(6-12)8-4-2-3-5-9(8)13/h2-5,7,10H,6H2,1H3. The molecule has 6 heteroatoms.